The second-order valence-electron chi connectivity index (χ2n) is 11.9. The quantitative estimate of drug-likeness (QED) is 0.115. The van der Waals surface area contributed by atoms with E-state index in [1.54, 1.807) is 0 Å². The van der Waals surface area contributed by atoms with E-state index in [9.17, 15) is 0 Å². The minimum atomic E-state index is -0.826. The fourth-order valence-electron chi connectivity index (χ4n) is 5.85. The van der Waals surface area contributed by atoms with Gasteiger partial charge in [-0.3, -0.25) is 0 Å². The SMILES string of the molecule is CCCc1cc2c(-c3cc(C(C)C)cc(C(C)C)c3)c(CCC)ccc2[cH-]1.[Cl][Zr+2][Cl].[c-]1cccc2c1[Si]c1ccccc1-2. The van der Waals surface area contributed by atoms with Crippen LogP contribution in [0.1, 0.15) is 88.5 Å². The molecule has 4 heteroatoms. The minimum Gasteiger partial charge on any atom is -0.184 e. The number of aryl methyl sites for hydroxylation is 2. The molecule has 0 bridgehead atoms. The van der Waals surface area contributed by atoms with E-state index in [4.69, 9.17) is 17.0 Å². The van der Waals surface area contributed by atoms with Gasteiger partial charge in [-0.25, -0.2) is 0 Å². The molecule has 6 rings (SSSR count). The first-order valence-electron chi connectivity index (χ1n) is 15.5. The molecule has 1 heterocycles. The van der Waals surface area contributed by atoms with Gasteiger partial charge in [0.2, 0.25) is 0 Å². The molecule has 0 aromatic heterocycles. The van der Waals surface area contributed by atoms with Crippen molar-refractivity contribution in [3.63, 3.8) is 0 Å². The van der Waals surface area contributed by atoms with Gasteiger partial charge in [0.05, 0.1) is 9.52 Å². The van der Waals surface area contributed by atoms with Gasteiger partial charge >= 0.3 is 37.9 Å². The van der Waals surface area contributed by atoms with Gasteiger partial charge in [-0.1, -0.05) is 119 Å². The molecule has 0 saturated carbocycles. The van der Waals surface area contributed by atoms with E-state index in [0.29, 0.717) is 11.8 Å². The Morgan fingerprint density at radius 1 is 0.791 bits per heavy atom. The fourth-order valence-corrected chi connectivity index (χ4v) is 7.16. The van der Waals surface area contributed by atoms with E-state index in [1.165, 1.54) is 84.9 Å². The third-order valence-electron chi connectivity index (χ3n) is 8.03. The van der Waals surface area contributed by atoms with Crippen LogP contribution in [0.5, 0.6) is 0 Å². The monoisotopic (exact) mass is 698 g/mol. The smallest absolute Gasteiger partial charge is 0.0920 e. The number of hydrogen-bond donors (Lipinski definition) is 0. The van der Waals surface area contributed by atoms with E-state index in [0.717, 1.165) is 15.9 Å². The molecule has 0 amide bonds. The van der Waals surface area contributed by atoms with Gasteiger partial charge in [0, 0.05) is 0 Å². The molecule has 0 atom stereocenters. The number of benzene rings is 4. The maximum Gasteiger partial charge on any atom is 0.0920 e. The van der Waals surface area contributed by atoms with Crippen molar-refractivity contribution in [1.29, 1.82) is 0 Å². The zero-order valence-corrected chi connectivity index (χ0v) is 31.3. The molecule has 1 aliphatic heterocycles. The van der Waals surface area contributed by atoms with Crippen LogP contribution in [-0.4, -0.2) is 9.52 Å². The summed E-state index contributed by atoms with van der Waals surface area (Å²) in [6.07, 6.45) is 4.69. The van der Waals surface area contributed by atoms with Crippen molar-refractivity contribution in [2.24, 2.45) is 0 Å². The van der Waals surface area contributed by atoms with Crippen molar-refractivity contribution in [3.05, 3.63) is 113 Å². The molecule has 5 aromatic carbocycles. The number of fused-ring (bicyclic) bond motifs is 4. The van der Waals surface area contributed by atoms with Crippen LogP contribution in [0.15, 0.2) is 84.9 Å². The van der Waals surface area contributed by atoms with E-state index >= 15 is 0 Å². The maximum atomic E-state index is 4.93. The number of hydrogen-bond acceptors (Lipinski definition) is 0. The van der Waals surface area contributed by atoms with Crippen molar-refractivity contribution < 1.29 is 20.8 Å². The first-order valence-corrected chi connectivity index (χ1v) is 22.8. The molecule has 0 saturated heterocycles. The van der Waals surface area contributed by atoms with Crippen LogP contribution in [0, 0.1) is 6.07 Å². The summed E-state index contributed by atoms with van der Waals surface area (Å²) in [6, 6.07) is 35.0. The first kappa shape index (κ1) is 34.1. The van der Waals surface area contributed by atoms with Gasteiger partial charge in [0.25, 0.3) is 0 Å². The third kappa shape index (κ3) is 8.46. The standard InChI is InChI=1S/C27H35.C12H7Si.2ClH.Zr/c1-7-9-20-13-22-12-11-21(10-8-2)27(26(22)14-20)25-16-23(18(3)4)15-24(17-25)19(5)6;1-3-7-11-9(5-1)10-6-2-4-8-12(10)13-11;;;/h11-19H,7-10H2,1-6H3;1-7H;2*1H;/q2*-1;;;+4/p-2. The Morgan fingerprint density at radius 3 is 2.09 bits per heavy atom. The summed E-state index contributed by atoms with van der Waals surface area (Å²) in [5.41, 5.74) is 11.5. The summed E-state index contributed by atoms with van der Waals surface area (Å²) in [5.74, 6) is 1.10. The van der Waals surface area contributed by atoms with Gasteiger partial charge < -0.3 is 0 Å². The molecular weight excluding hydrogens is 659 g/mol. The predicted molar refractivity (Wildman–Crippen MR) is 189 cm³/mol. The summed E-state index contributed by atoms with van der Waals surface area (Å²) >= 11 is -0.826. The average Bonchev–Trinajstić information content (AvgIpc) is 3.59. The van der Waals surface area contributed by atoms with Crippen LogP contribution in [0.3, 0.4) is 0 Å². The van der Waals surface area contributed by atoms with E-state index in [1.807, 2.05) is 6.07 Å². The van der Waals surface area contributed by atoms with Crippen molar-refractivity contribution in [2.45, 2.75) is 79.1 Å². The predicted octanol–water partition coefficient (Wildman–Crippen LogP) is 10.9. The number of rotatable bonds is 7. The zero-order valence-electron chi connectivity index (χ0n) is 26.3. The Balaban J connectivity index is 0.000000217. The van der Waals surface area contributed by atoms with Crippen molar-refractivity contribution in [2.75, 3.05) is 0 Å². The molecule has 2 radical (unpaired) electrons. The maximum absolute atomic E-state index is 4.93. The van der Waals surface area contributed by atoms with Gasteiger partial charge in [-0.05, 0) is 41.4 Å². The summed E-state index contributed by atoms with van der Waals surface area (Å²) in [4.78, 5) is 0. The average molecular weight is 701 g/mol. The van der Waals surface area contributed by atoms with E-state index in [2.05, 4.69) is 126 Å². The molecule has 0 spiro atoms. The molecule has 0 unspecified atom stereocenters. The first-order chi connectivity index (χ1) is 20.8. The second-order valence-corrected chi connectivity index (χ2v) is 16.9. The summed E-state index contributed by atoms with van der Waals surface area (Å²) in [7, 11) is 10.7. The van der Waals surface area contributed by atoms with Crippen LogP contribution in [0.25, 0.3) is 33.0 Å². The molecule has 0 fully saturated rings. The summed E-state index contributed by atoms with van der Waals surface area (Å²) in [6.45, 7) is 13.8. The van der Waals surface area contributed by atoms with Crippen LogP contribution >= 0.6 is 17.0 Å². The second kappa shape index (κ2) is 16.5. The molecule has 1 aliphatic rings. The van der Waals surface area contributed by atoms with E-state index < -0.39 is 20.8 Å². The molecule has 0 aliphatic carbocycles. The molecule has 43 heavy (non-hydrogen) atoms. The van der Waals surface area contributed by atoms with Crippen molar-refractivity contribution in [1.82, 2.24) is 0 Å². The van der Waals surface area contributed by atoms with Crippen LogP contribution in [0.2, 0.25) is 0 Å². The Hall–Kier alpha value is -1.83. The zero-order chi connectivity index (χ0) is 30.9. The normalized spacial score (nSPS) is 11.4. The van der Waals surface area contributed by atoms with Crippen molar-refractivity contribution >= 4 is 47.7 Å². The largest absolute Gasteiger partial charge is 0.184 e. The Labute approximate surface area is 281 Å². The Morgan fingerprint density at radius 2 is 1.44 bits per heavy atom. The molecular formula is C39H42Cl2SiZr. The molecule has 0 N–H and O–H groups in total. The topological polar surface area (TPSA) is 0 Å². The third-order valence-corrected chi connectivity index (χ3v) is 9.40. The van der Waals surface area contributed by atoms with Crippen LogP contribution < -0.4 is 10.4 Å². The Kier molecular flexibility index (Phi) is 13.0. The summed E-state index contributed by atoms with van der Waals surface area (Å²) < 4.78 is 0. The summed E-state index contributed by atoms with van der Waals surface area (Å²) in [5, 5.41) is 5.66. The number of halogens is 2. The molecule has 0 nitrogen and oxygen atoms in total. The van der Waals surface area contributed by atoms with Crippen LogP contribution in [0.4, 0.5) is 0 Å². The van der Waals surface area contributed by atoms with Gasteiger partial charge in [-0.2, -0.15) is 35.5 Å². The molecule has 220 valence electrons. The van der Waals surface area contributed by atoms with Gasteiger partial charge in [0.1, 0.15) is 0 Å². The van der Waals surface area contributed by atoms with Crippen LogP contribution in [-0.2, 0) is 33.7 Å². The van der Waals surface area contributed by atoms with Gasteiger partial charge in [0.15, 0.2) is 0 Å². The van der Waals surface area contributed by atoms with Gasteiger partial charge in [-0.15, -0.1) is 40.1 Å². The van der Waals surface area contributed by atoms with E-state index in [-0.39, 0.29) is 0 Å². The fraction of sp³-hybridized carbons (Fsp3) is 0.308. The Bertz CT molecular complexity index is 1560. The van der Waals surface area contributed by atoms with Crippen molar-refractivity contribution in [3.8, 4) is 22.3 Å². The molecule has 5 aromatic rings. The minimum absolute atomic E-state index is 0.548.